The van der Waals surface area contributed by atoms with E-state index < -0.39 is 0 Å². The molecule has 20 heavy (non-hydrogen) atoms. The van der Waals surface area contributed by atoms with Crippen LogP contribution in [0.1, 0.15) is 30.7 Å². The molecule has 0 spiro atoms. The standard InChI is InChI=1S/C14H24N4OS/c1-9-14(10(2)17-16-9)15-13(19)8-18(3)11-5-6-12(7-11)20-4/h11-12H,5-8H2,1-4H3,(H,15,19)(H,16,17)/t11-,12-/m1/s1. The molecule has 1 aromatic heterocycles. The summed E-state index contributed by atoms with van der Waals surface area (Å²) < 4.78 is 0. The Morgan fingerprint density at radius 3 is 2.80 bits per heavy atom. The van der Waals surface area contributed by atoms with Crippen LogP contribution < -0.4 is 5.32 Å². The zero-order valence-electron chi connectivity index (χ0n) is 12.7. The summed E-state index contributed by atoms with van der Waals surface area (Å²) in [5.41, 5.74) is 2.56. The Balaban J connectivity index is 1.85. The molecular formula is C14H24N4OS. The Morgan fingerprint density at radius 1 is 1.50 bits per heavy atom. The molecule has 1 fully saturated rings. The molecule has 2 N–H and O–H groups in total. The number of thioether (sulfide) groups is 1. The minimum absolute atomic E-state index is 0.0349. The number of hydrogen-bond donors (Lipinski definition) is 2. The first-order valence-corrected chi connectivity index (χ1v) is 8.34. The molecule has 0 radical (unpaired) electrons. The van der Waals surface area contributed by atoms with Crippen molar-refractivity contribution in [1.82, 2.24) is 15.1 Å². The van der Waals surface area contributed by atoms with Gasteiger partial charge in [-0.05, 0) is 46.4 Å². The van der Waals surface area contributed by atoms with Crippen molar-refractivity contribution in [2.75, 3.05) is 25.2 Å². The number of carbonyl (C=O) groups is 1. The number of carbonyl (C=O) groups excluding carboxylic acids is 1. The van der Waals surface area contributed by atoms with E-state index >= 15 is 0 Å². The van der Waals surface area contributed by atoms with Gasteiger partial charge >= 0.3 is 0 Å². The summed E-state index contributed by atoms with van der Waals surface area (Å²) in [6, 6.07) is 0.532. The Bertz CT molecular complexity index is 454. The number of nitrogens with zero attached hydrogens (tertiary/aromatic N) is 2. The van der Waals surface area contributed by atoms with Gasteiger partial charge in [0.2, 0.25) is 5.91 Å². The maximum atomic E-state index is 12.1. The fraction of sp³-hybridized carbons (Fsp3) is 0.714. The van der Waals surface area contributed by atoms with Gasteiger partial charge in [-0.25, -0.2) is 0 Å². The van der Waals surface area contributed by atoms with Crippen molar-refractivity contribution in [3.05, 3.63) is 11.4 Å². The topological polar surface area (TPSA) is 61.0 Å². The van der Waals surface area contributed by atoms with E-state index in [0.29, 0.717) is 12.6 Å². The molecule has 1 aliphatic carbocycles. The smallest absolute Gasteiger partial charge is 0.238 e. The maximum absolute atomic E-state index is 12.1. The predicted octanol–water partition coefficient (Wildman–Crippen LogP) is 2.18. The monoisotopic (exact) mass is 296 g/mol. The van der Waals surface area contributed by atoms with E-state index in [0.717, 1.165) is 22.3 Å². The fourth-order valence-corrected chi connectivity index (χ4v) is 3.59. The van der Waals surface area contributed by atoms with E-state index in [-0.39, 0.29) is 5.91 Å². The Hall–Kier alpha value is -1.01. The van der Waals surface area contributed by atoms with Crippen LogP contribution in [0, 0.1) is 13.8 Å². The molecule has 1 aliphatic rings. The molecule has 1 saturated carbocycles. The normalized spacial score (nSPS) is 22.4. The van der Waals surface area contributed by atoms with Gasteiger partial charge in [-0.15, -0.1) is 0 Å². The molecule has 0 unspecified atom stereocenters. The first kappa shape index (κ1) is 15.4. The third-order valence-corrected chi connectivity index (χ3v) is 5.19. The second-order valence-corrected chi connectivity index (χ2v) is 6.73. The number of anilines is 1. The summed E-state index contributed by atoms with van der Waals surface area (Å²) in [5.74, 6) is 0.0349. The number of nitrogens with one attached hydrogen (secondary N) is 2. The van der Waals surface area contributed by atoms with E-state index in [1.54, 1.807) is 0 Å². The molecule has 5 nitrogen and oxygen atoms in total. The van der Waals surface area contributed by atoms with Gasteiger partial charge in [0.1, 0.15) is 0 Å². The van der Waals surface area contributed by atoms with Gasteiger partial charge in [-0.1, -0.05) is 0 Å². The molecule has 1 amide bonds. The lowest BCUT2D eigenvalue weighted by molar-refractivity contribution is -0.117. The Morgan fingerprint density at radius 2 is 2.25 bits per heavy atom. The number of aromatic amines is 1. The van der Waals surface area contributed by atoms with Crippen LogP contribution in [0.3, 0.4) is 0 Å². The lowest BCUT2D eigenvalue weighted by Gasteiger charge is -2.23. The highest BCUT2D eigenvalue weighted by atomic mass is 32.2. The highest BCUT2D eigenvalue weighted by Crippen LogP contribution is 2.30. The van der Waals surface area contributed by atoms with Crippen molar-refractivity contribution < 1.29 is 4.79 Å². The number of aromatic nitrogens is 2. The molecule has 1 aromatic rings. The number of rotatable bonds is 5. The van der Waals surface area contributed by atoms with Crippen LogP contribution >= 0.6 is 11.8 Å². The number of likely N-dealkylation sites (N-methyl/N-ethyl adjacent to an activating group) is 1. The summed E-state index contributed by atoms with van der Waals surface area (Å²) in [5, 5.41) is 10.7. The maximum Gasteiger partial charge on any atom is 0.238 e. The molecular weight excluding hydrogens is 272 g/mol. The molecule has 2 rings (SSSR count). The van der Waals surface area contributed by atoms with Crippen LogP contribution in [0.25, 0.3) is 0 Å². The molecule has 2 atom stereocenters. The van der Waals surface area contributed by atoms with E-state index in [1.165, 1.54) is 19.3 Å². The van der Waals surface area contributed by atoms with Crippen molar-refractivity contribution in [2.45, 2.75) is 44.4 Å². The Kier molecular flexibility index (Phi) is 5.10. The molecule has 1 heterocycles. The third-order valence-electron chi connectivity index (χ3n) is 4.10. The van der Waals surface area contributed by atoms with Crippen molar-refractivity contribution in [3.8, 4) is 0 Å². The molecule has 0 aromatic carbocycles. The average Bonchev–Trinajstić information content (AvgIpc) is 3.00. The number of hydrogen-bond acceptors (Lipinski definition) is 4. The number of amides is 1. The van der Waals surface area contributed by atoms with Gasteiger partial charge in [-0.3, -0.25) is 14.8 Å². The summed E-state index contributed by atoms with van der Waals surface area (Å²) in [6.45, 7) is 4.25. The van der Waals surface area contributed by atoms with Crippen LogP contribution in [-0.4, -0.2) is 52.1 Å². The largest absolute Gasteiger partial charge is 0.322 e. The van der Waals surface area contributed by atoms with Gasteiger partial charge in [0, 0.05) is 11.3 Å². The molecule has 112 valence electrons. The first-order chi connectivity index (χ1) is 9.51. The predicted molar refractivity (Wildman–Crippen MR) is 84.3 cm³/mol. The van der Waals surface area contributed by atoms with Gasteiger partial charge in [0.15, 0.2) is 0 Å². The van der Waals surface area contributed by atoms with Crippen LogP contribution in [0.5, 0.6) is 0 Å². The minimum atomic E-state index is 0.0349. The van der Waals surface area contributed by atoms with Crippen LogP contribution in [0.2, 0.25) is 0 Å². The zero-order valence-corrected chi connectivity index (χ0v) is 13.5. The second-order valence-electron chi connectivity index (χ2n) is 5.60. The first-order valence-electron chi connectivity index (χ1n) is 7.05. The van der Waals surface area contributed by atoms with Crippen molar-refractivity contribution in [2.24, 2.45) is 0 Å². The lowest BCUT2D eigenvalue weighted by atomic mass is 10.2. The number of aryl methyl sites for hydroxylation is 2. The van der Waals surface area contributed by atoms with E-state index in [4.69, 9.17) is 0 Å². The SMILES string of the molecule is CS[C@@H]1CC[C@@H](N(C)CC(=O)Nc2c(C)n[nH]c2C)C1. The summed E-state index contributed by atoms with van der Waals surface area (Å²) in [6.07, 6.45) is 5.82. The lowest BCUT2D eigenvalue weighted by Crippen LogP contribution is -2.37. The summed E-state index contributed by atoms with van der Waals surface area (Å²) >= 11 is 1.94. The Labute approximate surface area is 124 Å². The highest BCUT2D eigenvalue weighted by molar-refractivity contribution is 7.99. The van der Waals surface area contributed by atoms with E-state index in [1.807, 2.05) is 32.7 Å². The zero-order chi connectivity index (χ0) is 14.7. The minimum Gasteiger partial charge on any atom is -0.322 e. The quantitative estimate of drug-likeness (QED) is 0.874. The average molecular weight is 296 g/mol. The van der Waals surface area contributed by atoms with E-state index in [2.05, 4.69) is 26.7 Å². The van der Waals surface area contributed by atoms with Gasteiger partial charge < -0.3 is 5.32 Å². The highest BCUT2D eigenvalue weighted by Gasteiger charge is 2.27. The van der Waals surface area contributed by atoms with Gasteiger partial charge in [0.25, 0.3) is 0 Å². The molecule has 0 bridgehead atoms. The molecule has 0 saturated heterocycles. The van der Waals surface area contributed by atoms with Crippen molar-refractivity contribution >= 4 is 23.4 Å². The van der Waals surface area contributed by atoms with Crippen molar-refractivity contribution in [3.63, 3.8) is 0 Å². The number of H-pyrrole nitrogens is 1. The fourth-order valence-electron chi connectivity index (χ4n) is 2.80. The van der Waals surface area contributed by atoms with Gasteiger partial charge in [0.05, 0.1) is 23.6 Å². The van der Waals surface area contributed by atoms with Crippen LogP contribution in [-0.2, 0) is 4.79 Å². The van der Waals surface area contributed by atoms with E-state index in [9.17, 15) is 4.79 Å². The third kappa shape index (κ3) is 3.55. The van der Waals surface area contributed by atoms with Gasteiger partial charge in [-0.2, -0.15) is 16.9 Å². The van der Waals surface area contributed by atoms with Crippen molar-refractivity contribution in [1.29, 1.82) is 0 Å². The molecule has 6 heteroatoms. The molecule has 0 aliphatic heterocycles. The summed E-state index contributed by atoms with van der Waals surface area (Å²) in [7, 11) is 2.04. The van der Waals surface area contributed by atoms with Crippen LogP contribution in [0.15, 0.2) is 0 Å². The van der Waals surface area contributed by atoms with Crippen LogP contribution in [0.4, 0.5) is 5.69 Å². The summed E-state index contributed by atoms with van der Waals surface area (Å²) in [4.78, 5) is 14.3. The second kappa shape index (κ2) is 6.63.